The molecule has 0 radical (unpaired) electrons. The number of benzene rings is 1. The highest BCUT2D eigenvalue weighted by Crippen LogP contribution is 2.21. The van der Waals surface area contributed by atoms with Crippen LogP contribution in [0.5, 0.6) is 5.75 Å². The average molecular weight is 310 g/mol. The zero-order chi connectivity index (χ0) is 15.6. The van der Waals surface area contributed by atoms with E-state index in [2.05, 4.69) is 13.5 Å². The molecule has 0 aliphatic rings. The fraction of sp³-hybridized carbons (Fsp3) is 0.111. The highest BCUT2D eigenvalue weighted by Gasteiger charge is 2.30. The molecule has 0 unspecified atom stereocenters. The van der Waals surface area contributed by atoms with Gasteiger partial charge in [-0.25, -0.2) is 9.59 Å². The van der Waals surface area contributed by atoms with Crippen molar-refractivity contribution in [1.82, 2.24) is 0 Å². The largest absolute Gasteiger partial charge is 0.573 e. The van der Waals surface area contributed by atoms with E-state index in [0.29, 0.717) is 12.2 Å². The first kappa shape index (κ1) is 17.5. The molecule has 1 aromatic rings. The van der Waals surface area contributed by atoms with Crippen molar-refractivity contribution in [2.75, 3.05) is 0 Å². The Labute approximate surface area is 110 Å². The lowest BCUT2D eigenvalue weighted by atomic mass is 10.3. The van der Waals surface area contributed by atoms with Crippen LogP contribution >= 0.6 is 0 Å². The van der Waals surface area contributed by atoms with E-state index < -0.39 is 16.6 Å². The molecule has 0 aliphatic carbocycles. The van der Waals surface area contributed by atoms with Gasteiger partial charge in [0.2, 0.25) is 0 Å². The first-order valence-corrected chi connectivity index (χ1v) is 5.84. The Hall–Kier alpha value is -2.48. The molecule has 11 heteroatoms. The number of halogens is 3. The standard InChI is InChI=1S/C7H5F3O.C2N2O4S/c8-7(9,10)11-6-4-2-1-3-5-6;5-1-3-9(7,8)4-2-6/h1-5H;. The van der Waals surface area contributed by atoms with Gasteiger partial charge in [0.25, 0.3) is 12.2 Å². The van der Waals surface area contributed by atoms with Crippen LogP contribution in [0.2, 0.25) is 0 Å². The maximum Gasteiger partial charge on any atom is 0.573 e. The minimum absolute atomic E-state index is 0.194. The van der Waals surface area contributed by atoms with Crippen molar-refractivity contribution in [3.05, 3.63) is 30.3 Å². The summed E-state index contributed by atoms with van der Waals surface area (Å²) in [5, 5.41) is 0. The zero-order valence-electron chi connectivity index (χ0n) is 9.36. The van der Waals surface area contributed by atoms with E-state index >= 15 is 0 Å². The third kappa shape index (κ3) is 9.54. The van der Waals surface area contributed by atoms with Crippen LogP contribution < -0.4 is 4.74 Å². The van der Waals surface area contributed by atoms with Crippen LogP contribution in [0.3, 0.4) is 0 Å². The highest BCUT2D eigenvalue weighted by molar-refractivity contribution is 7.89. The third-order valence-corrected chi connectivity index (χ3v) is 1.89. The van der Waals surface area contributed by atoms with Gasteiger partial charge in [0.05, 0.1) is 0 Å². The molecule has 0 heterocycles. The van der Waals surface area contributed by atoms with Crippen molar-refractivity contribution in [3.63, 3.8) is 0 Å². The van der Waals surface area contributed by atoms with Gasteiger partial charge in [0, 0.05) is 0 Å². The summed E-state index contributed by atoms with van der Waals surface area (Å²) < 4.78 is 62.5. The van der Waals surface area contributed by atoms with Gasteiger partial charge < -0.3 is 4.74 Å². The molecule has 0 saturated heterocycles. The molecule has 0 bridgehead atoms. The smallest absolute Gasteiger partial charge is 0.406 e. The number of hydrogen-bond acceptors (Lipinski definition) is 5. The van der Waals surface area contributed by atoms with Crippen LogP contribution in [-0.2, 0) is 19.8 Å². The van der Waals surface area contributed by atoms with Crippen molar-refractivity contribution >= 4 is 22.4 Å². The summed E-state index contributed by atoms with van der Waals surface area (Å²) in [5.74, 6) is -0.194. The van der Waals surface area contributed by atoms with E-state index in [0.717, 1.165) is 0 Å². The molecular weight excluding hydrogens is 305 g/mol. The molecule has 0 aromatic heterocycles. The maximum atomic E-state index is 11.5. The molecule has 0 amide bonds. The molecule has 0 spiro atoms. The molecule has 0 atom stereocenters. The van der Waals surface area contributed by atoms with E-state index in [1.165, 1.54) is 24.3 Å². The Balaban J connectivity index is 0.000000370. The van der Waals surface area contributed by atoms with Gasteiger partial charge >= 0.3 is 16.6 Å². The van der Waals surface area contributed by atoms with Crippen LogP contribution in [0.1, 0.15) is 0 Å². The van der Waals surface area contributed by atoms with E-state index in [1.54, 1.807) is 6.07 Å². The number of rotatable bonds is 3. The Morgan fingerprint density at radius 1 is 1.00 bits per heavy atom. The number of ether oxygens (including phenoxy) is 1. The van der Waals surface area contributed by atoms with Gasteiger partial charge in [0.15, 0.2) is 0 Å². The van der Waals surface area contributed by atoms with Crippen LogP contribution in [-0.4, -0.2) is 26.9 Å². The van der Waals surface area contributed by atoms with Crippen molar-refractivity contribution in [3.8, 4) is 5.75 Å². The predicted octanol–water partition coefficient (Wildman–Crippen LogP) is 1.49. The molecule has 20 heavy (non-hydrogen) atoms. The van der Waals surface area contributed by atoms with E-state index in [1.807, 2.05) is 0 Å². The molecule has 108 valence electrons. The monoisotopic (exact) mass is 310 g/mol. The Morgan fingerprint density at radius 3 is 1.80 bits per heavy atom. The van der Waals surface area contributed by atoms with Crippen molar-refractivity contribution < 1.29 is 35.9 Å². The highest BCUT2D eigenvalue weighted by atomic mass is 32.2. The second-order valence-electron chi connectivity index (χ2n) is 2.67. The number of para-hydroxylation sites is 1. The summed E-state index contributed by atoms with van der Waals surface area (Å²) in [5.41, 5.74) is 0. The molecule has 0 fully saturated rings. The van der Waals surface area contributed by atoms with Crippen LogP contribution in [0.4, 0.5) is 13.2 Å². The fourth-order valence-corrected chi connectivity index (χ4v) is 0.966. The van der Waals surface area contributed by atoms with Crippen LogP contribution in [0.15, 0.2) is 39.1 Å². The molecule has 1 rings (SSSR count). The Bertz CT molecular complexity index is 593. The SMILES string of the molecule is FC(F)(F)Oc1ccccc1.O=C=NS(=O)(=O)N=C=O. The van der Waals surface area contributed by atoms with Crippen molar-refractivity contribution in [2.45, 2.75) is 6.36 Å². The van der Waals surface area contributed by atoms with E-state index in [9.17, 15) is 31.2 Å². The van der Waals surface area contributed by atoms with Gasteiger partial charge in [-0.1, -0.05) is 27.0 Å². The number of alkyl halides is 3. The summed E-state index contributed by atoms with van der Waals surface area (Å²) in [6.07, 6.45) is -3.18. The summed E-state index contributed by atoms with van der Waals surface area (Å²) >= 11 is 0. The minimum Gasteiger partial charge on any atom is -0.406 e. The van der Waals surface area contributed by atoms with E-state index in [-0.39, 0.29) is 5.75 Å². The summed E-state index contributed by atoms with van der Waals surface area (Å²) in [4.78, 5) is 18.5. The lowest BCUT2D eigenvalue weighted by Crippen LogP contribution is -2.16. The molecule has 1 aromatic carbocycles. The average Bonchev–Trinajstić information content (AvgIpc) is 2.28. The molecule has 0 aliphatic heterocycles. The van der Waals surface area contributed by atoms with Crippen LogP contribution in [0.25, 0.3) is 0 Å². The summed E-state index contributed by atoms with van der Waals surface area (Å²) in [6.45, 7) is 0. The quantitative estimate of drug-likeness (QED) is 0.621. The van der Waals surface area contributed by atoms with Crippen molar-refractivity contribution in [2.24, 2.45) is 8.80 Å². The Kier molecular flexibility index (Phi) is 6.87. The summed E-state index contributed by atoms with van der Waals surface area (Å²) in [6, 6.07) is 7.05. The topological polar surface area (TPSA) is 102 Å². The van der Waals surface area contributed by atoms with E-state index in [4.69, 9.17) is 0 Å². The first-order valence-electron chi connectivity index (χ1n) is 4.44. The first-order chi connectivity index (χ1) is 9.20. The minimum atomic E-state index is -4.60. The lowest BCUT2D eigenvalue weighted by molar-refractivity contribution is -0.274. The van der Waals surface area contributed by atoms with Crippen LogP contribution in [0, 0.1) is 0 Å². The van der Waals surface area contributed by atoms with Gasteiger partial charge in [-0.3, -0.25) is 0 Å². The van der Waals surface area contributed by atoms with Gasteiger partial charge in [0.1, 0.15) is 5.75 Å². The van der Waals surface area contributed by atoms with Gasteiger partial charge in [-0.2, -0.15) is 8.42 Å². The molecule has 7 nitrogen and oxygen atoms in total. The predicted molar refractivity (Wildman–Crippen MR) is 58.3 cm³/mol. The lowest BCUT2D eigenvalue weighted by Gasteiger charge is -2.07. The third-order valence-electron chi connectivity index (χ3n) is 1.28. The second kappa shape index (κ2) is 7.85. The number of carbonyl (C=O) groups excluding carboxylic acids is 2. The second-order valence-corrected chi connectivity index (χ2v) is 3.93. The molecular formula is C9H5F3N2O5S. The number of nitrogens with zero attached hydrogens (tertiary/aromatic N) is 2. The fourth-order valence-electron chi connectivity index (χ4n) is 0.737. The van der Waals surface area contributed by atoms with Gasteiger partial charge in [-0.15, -0.1) is 13.2 Å². The molecule has 0 saturated carbocycles. The number of isocyanates is 2. The summed E-state index contributed by atoms with van der Waals surface area (Å²) in [7, 11) is -4.28. The number of hydrogen-bond donors (Lipinski definition) is 0. The van der Waals surface area contributed by atoms with Gasteiger partial charge in [-0.05, 0) is 12.1 Å². The Morgan fingerprint density at radius 2 is 1.45 bits per heavy atom. The normalized spacial score (nSPS) is 10.2. The zero-order valence-corrected chi connectivity index (χ0v) is 10.2. The molecule has 0 N–H and O–H groups in total. The maximum absolute atomic E-state index is 11.5. The van der Waals surface area contributed by atoms with Crippen molar-refractivity contribution in [1.29, 1.82) is 0 Å².